The second kappa shape index (κ2) is 7.67. The van der Waals surface area contributed by atoms with Crippen LogP contribution >= 0.6 is 11.6 Å². The van der Waals surface area contributed by atoms with Crippen LogP contribution < -0.4 is 10.1 Å². The van der Waals surface area contributed by atoms with E-state index in [-0.39, 0.29) is 22.4 Å². The van der Waals surface area contributed by atoms with Crippen LogP contribution in [0.15, 0.2) is 41.6 Å². The molecule has 0 bridgehead atoms. The van der Waals surface area contributed by atoms with Gasteiger partial charge in [0.2, 0.25) is 10.0 Å². The number of piperazine rings is 1. The first-order chi connectivity index (χ1) is 13.4. The van der Waals surface area contributed by atoms with Crippen LogP contribution in [-0.4, -0.2) is 61.3 Å². The van der Waals surface area contributed by atoms with Crippen LogP contribution in [0.4, 0.5) is 5.69 Å². The average molecular weight is 423 g/mol. The number of nitrogens with one attached hydrogen (secondary N) is 1. The number of carbonyl (C=O) groups excluding carboxylic acids is 1. The summed E-state index contributed by atoms with van der Waals surface area (Å²) in [5.74, 6) is 0.00314. The molecule has 0 aliphatic carbocycles. The van der Waals surface area contributed by atoms with Crippen molar-refractivity contribution in [1.29, 1.82) is 0 Å². The third kappa shape index (κ3) is 3.83. The Balaban J connectivity index is 1.48. The predicted octanol–water partition coefficient (Wildman–Crippen LogP) is 1.57. The highest BCUT2D eigenvalue weighted by molar-refractivity contribution is 7.89. The third-order valence-electron chi connectivity index (χ3n) is 4.77. The van der Waals surface area contributed by atoms with Crippen molar-refractivity contribution in [3.63, 3.8) is 0 Å². The highest BCUT2D eigenvalue weighted by atomic mass is 35.5. The maximum absolute atomic E-state index is 13.1. The van der Waals surface area contributed by atoms with E-state index in [0.29, 0.717) is 37.6 Å². The van der Waals surface area contributed by atoms with Crippen LogP contribution in [0.1, 0.15) is 5.56 Å². The van der Waals surface area contributed by atoms with E-state index in [2.05, 4.69) is 15.2 Å². The van der Waals surface area contributed by atoms with Gasteiger partial charge < -0.3 is 10.1 Å². The molecule has 148 valence electrons. The summed E-state index contributed by atoms with van der Waals surface area (Å²) < 4.78 is 33.0. The number of aromatic nitrogens is 1. The average Bonchev–Trinajstić information content (AvgIpc) is 2.68. The van der Waals surface area contributed by atoms with E-state index >= 15 is 0 Å². The standard InChI is InChI=1S/C18H19ClN4O4S/c19-14-9-15-16(27-12-18(24)21-15)10-17(14)28(25,26)23-7-5-22(6-8-23)11-13-1-3-20-4-2-13/h1-4,9-10H,5-8,11-12H2,(H,21,24). The molecule has 1 saturated heterocycles. The summed E-state index contributed by atoms with van der Waals surface area (Å²) in [6.07, 6.45) is 3.50. The van der Waals surface area contributed by atoms with Gasteiger partial charge in [-0.15, -0.1) is 0 Å². The summed E-state index contributed by atoms with van der Waals surface area (Å²) in [6, 6.07) is 6.71. The Hall–Kier alpha value is -2.20. The number of rotatable bonds is 4. The van der Waals surface area contributed by atoms with Gasteiger partial charge in [0.25, 0.3) is 5.91 Å². The number of hydrogen-bond donors (Lipinski definition) is 1. The molecule has 1 aromatic carbocycles. The summed E-state index contributed by atoms with van der Waals surface area (Å²) in [4.78, 5) is 17.6. The van der Waals surface area contributed by atoms with Gasteiger partial charge in [-0.3, -0.25) is 14.7 Å². The molecule has 0 saturated carbocycles. The molecule has 8 nitrogen and oxygen atoms in total. The Kier molecular flexibility index (Phi) is 5.24. The smallest absolute Gasteiger partial charge is 0.262 e. The van der Waals surface area contributed by atoms with Gasteiger partial charge >= 0.3 is 0 Å². The molecular formula is C18H19ClN4O4S. The third-order valence-corrected chi connectivity index (χ3v) is 7.13. The van der Waals surface area contributed by atoms with Crippen LogP contribution in [0.25, 0.3) is 0 Å². The van der Waals surface area contributed by atoms with Gasteiger partial charge in [-0.1, -0.05) is 11.6 Å². The molecule has 2 aliphatic heterocycles. The van der Waals surface area contributed by atoms with E-state index in [1.54, 1.807) is 12.4 Å². The van der Waals surface area contributed by atoms with Crippen LogP contribution in [0.2, 0.25) is 5.02 Å². The molecule has 1 aromatic heterocycles. The molecule has 10 heteroatoms. The largest absolute Gasteiger partial charge is 0.482 e. The number of halogens is 1. The minimum Gasteiger partial charge on any atom is -0.482 e. The Morgan fingerprint density at radius 3 is 2.57 bits per heavy atom. The normalized spacial score (nSPS) is 18.2. The molecule has 0 spiro atoms. The molecule has 3 heterocycles. The number of pyridine rings is 1. The summed E-state index contributed by atoms with van der Waals surface area (Å²) in [7, 11) is -3.76. The number of anilines is 1. The molecule has 4 rings (SSSR count). The fraction of sp³-hybridized carbons (Fsp3) is 0.333. The van der Waals surface area contributed by atoms with Gasteiger partial charge in [-0.05, 0) is 23.8 Å². The Labute approximate surface area is 168 Å². The molecule has 1 N–H and O–H groups in total. The van der Waals surface area contributed by atoms with Crippen molar-refractivity contribution >= 4 is 33.2 Å². The van der Waals surface area contributed by atoms with E-state index in [9.17, 15) is 13.2 Å². The van der Waals surface area contributed by atoms with Gasteiger partial charge in [0.15, 0.2) is 6.61 Å². The lowest BCUT2D eigenvalue weighted by Gasteiger charge is -2.34. The minimum absolute atomic E-state index is 0.00773. The highest BCUT2D eigenvalue weighted by Crippen LogP contribution is 2.37. The van der Waals surface area contributed by atoms with Crippen molar-refractivity contribution in [2.75, 3.05) is 38.1 Å². The predicted molar refractivity (Wildman–Crippen MR) is 104 cm³/mol. The van der Waals surface area contributed by atoms with Crippen molar-refractivity contribution in [2.24, 2.45) is 0 Å². The maximum atomic E-state index is 13.1. The number of hydrogen-bond acceptors (Lipinski definition) is 6. The quantitative estimate of drug-likeness (QED) is 0.804. The first-order valence-electron chi connectivity index (χ1n) is 8.81. The van der Waals surface area contributed by atoms with Gasteiger partial charge in [-0.25, -0.2) is 8.42 Å². The Bertz CT molecular complexity index is 992. The minimum atomic E-state index is -3.76. The van der Waals surface area contributed by atoms with E-state index in [1.165, 1.54) is 16.4 Å². The fourth-order valence-corrected chi connectivity index (χ4v) is 5.23. The zero-order chi connectivity index (χ0) is 19.7. The number of carbonyl (C=O) groups is 1. The number of fused-ring (bicyclic) bond motifs is 1. The second-order valence-electron chi connectivity index (χ2n) is 6.65. The molecule has 0 unspecified atom stereocenters. The lowest BCUT2D eigenvalue weighted by atomic mass is 10.2. The monoisotopic (exact) mass is 422 g/mol. The first-order valence-corrected chi connectivity index (χ1v) is 10.6. The zero-order valence-electron chi connectivity index (χ0n) is 15.0. The van der Waals surface area contributed by atoms with Gasteiger partial charge in [-0.2, -0.15) is 4.31 Å². The number of benzene rings is 1. The van der Waals surface area contributed by atoms with Crippen LogP contribution in [0, 0.1) is 0 Å². The van der Waals surface area contributed by atoms with Crippen LogP contribution in [-0.2, 0) is 21.4 Å². The van der Waals surface area contributed by atoms with E-state index in [0.717, 1.165) is 12.1 Å². The second-order valence-corrected chi connectivity index (χ2v) is 8.96. The van der Waals surface area contributed by atoms with Crippen molar-refractivity contribution in [3.8, 4) is 5.75 Å². The molecular weight excluding hydrogens is 404 g/mol. The van der Waals surface area contributed by atoms with Crippen LogP contribution in [0.3, 0.4) is 0 Å². The van der Waals surface area contributed by atoms with Gasteiger partial charge in [0, 0.05) is 51.2 Å². The number of sulfonamides is 1. The lowest BCUT2D eigenvalue weighted by Crippen LogP contribution is -2.48. The number of ether oxygens (including phenoxy) is 1. The Morgan fingerprint density at radius 1 is 1.14 bits per heavy atom. The summed E-state index contributed by atoms with van der Waals surface area (Å²) in [6.45, 7) is 2.59. The zero-order valence-corrected chi connectivity index (χ0v) is 16.5. The highest BCUT2D eigenvalue weighted by Gasteiger charge is 2.32. The van der Waals surface area contributed by atoms with E-state index in [4.69, 9.17) is 16.3 Å². The maximum Gasteiger partial charge on any atom is 0.262 e. The van der Waals surface area contributed by atoms with Crippen molar-refractivity contribution in [2.45, 2.75) is 11.4 Å². The van der Waals surface area contributed by atoms with Crippen molar-refractivity contribution in [3.05, 3.63) is 47.2 Å². The molecule has 0 atom stereocenters. The molecule has 28 heavy (non-hydrogen) atoms. The summed E-state index contributed by atoms with van der Waals surface area (Å²) in [5, 5.41) is 2.68. The first kappa shape index (κ1) is 19.1. The SMILES string of the molecule is O=C1COc2cc(S(=O)(=O)N3CCN(Cc4ccncc4)CC3)c(Cl)cc2N1. The van der Waals surface area contributed by atoms with Gasteiger partial charge in [0.05, 0.1) is 10.7 Å². The topological polar surface area (TPSA) is 91.8 Å². The molecule has 2 aliphatic rings. The molecule has 1 fully saturated rings. The number of amides is 1. The summed E-state index contributed by atoms with van der Waals surface area (Å²) >= 11 is 6.22. The van der Waals surface area contributed by atoms with Crippen LogP contribution in [0.5, 0.6) is 5.75 Å². The van der Waals surface area contributed by atoms with Crippen molar-refractivity contribution < 1.29 is 17.9 Å². The summed E-state index contributed by atoms with van der Waals surface area (Å²) in [5.41, 5.74) is 1.52. The Morgan fingerprint density at radius 2 is 1.86 bits per heavy atom. The number of nitrogens with zero attached hydrogens (tertiary/aromatic N) is 3. The fourth-order valence-electron chi connectivity index (χ4n) is 3.29. The molecule has 0 radical (unpaired) electrons. The van der Waals surface area contributed by atoms with Gasteiger partial charge in [0.1, 0.15) is 10.6 Å². The van der Waals surface area contributed by atoms with E-state index < -0.39 is 10.0 Å². The van der Waals surface area contributed by atoms with Crippen molar-refractivity contribution in [1.82, 2.24) is 14.2 Å². The van der Waals surface area contributed by atoms with E-state index in [1.807, 2.05) is 12.1 Å². The lowest BCUT2D eigenvalue weighted by molar-refractivity contribution is -0.118. The molecule has 1 amide bonds. The molecule has 2 aromatic rings.